The summed E-state index contributed by atoms with van der Waals surface area (Å²) in [6, 6.07) is 14.2. The molecule has 0 aliphatic carbocycles. The van der Waals surface area contributed by atoms with Crippen molar-refractivity contribution in [1.82, 2.24) is 5.32 Å². The first-order chi connectivity index (χ1) is 10.1. The van der Waals surface area contributed by atoms with E-state index in [1.54, 1.807) is 18.2 Å². The number of thiocarbonyl (C=S) groups is 1. The molecule has 0 amide bonds. The molecule has 0 aliphatic rings. The third-order valence-corrected chi connectivity index (χ3v) is 3.46. The molecule has 0 unspecified atom stereocenters. The number of halogens is 2. The Kier molecular flexibility index (Phi) is 5.96. The second-order valence-electron chi connectivity index (χ2n) is 4.59. The monoisotopic (exact) mass is 322 g/mol. The lowest BCUT2D eigenvalue weighted by atomic mass is 10.1. The molecule has 110 valence electrons. The normalized spacial score (nSPS) is 10.2. The van der Waals surface area contributed by atoms with E-state index in [1.165, 1.54) is 11.6 Å². The van der Waals surface area contributed by atoms with E-state index in [0.717, 1.165) is 24.4 Å². The van der Waals surface area contributed by atoms with E-state index in [9.17, 15) is 4.39 Å². The molecule has 0 atom stereocenters. The molecule has 0 saturated heterocycles. The van der Waals surface area contributed by atoms with Crippen LogP contribution >= 0.6 is 23.8 Å². The van der Waals surface area contributed by atoms with Crippen LogP contribution in [-0.4, -0.2) is 11.7 Å². The zero-order valence-electron chi connectivity index (χ0n) is 11.4. The molecule has 21 heavy (non-hydrogen) atoms. The molecule has 0 spiro atoms. The maximum absolute atomic E-state index is 13.4. The van der Waals surface area contributed by atoms with Crippen molar-refractivity contribution in [3.05, 3.63) is 64.9 Å². The van der Waals surface area contributed by atoms with Gasteiger partial charge in [0, 0.05) is 11.6 Å². The molecule has 0 heterocycles. The minimum Gasteiger partial charge on any atom is -0.362 e. The van der Waals surface area contributed by atoms with Crippen LogP contribution in [-0.2, 0) is 6.42 Å². The SMILES string of the molecule is Fc1ccccc1NC(=S)NCCCc1ccc(Cl)cc1. The fourth-order valence-electron chi connectivity index (χ4n) is 1.87. The summed E-state index contributed by atoms with van der Waals surface area (Å²) in [4.78, 5) is 0. The van der Waals surface area contributed by atoms with E-state index in [0.29, 0.717) is 10.8 Å². The van der Waals surface area contributed by atoms with Gasteiger partial charge in [0.25, 0.3) is 0 Å². The Morgan fingerprint density at radius 1 is 1.10 bits per heavy atom. The highest BCUT2D eigenvalue weighted by Crippen LogP contribution is 2.12. The predicted molar refractivity (Wildman–Crippen MR) is 90.4 cm³/mol. The van der Waals surface area contributed by atoms with Crippen molar-refractivity contribution < 1.29 is 4.39 Å². The summed E-state index contributed by atoms with van der Waals surface area (Å²) in [6.07, 6.45) is 1.87. The highest BCUT2D eigenvalue weighted by Gasteiger charge is 2.02. The maximum atomic E-state index is 13.4. The van der Waals surface area contributed by atoms with E-state index in [2.05, 4.69) is 10.6 Å². The van der Waals surface area contributed by atoms with Gasteiger partial charge in [-0.2, -0.15) is 0 Å². The van der Waals surface area contributed by atoms with Crippen molar-refractivity contribution in [2.45, 2.75) is 12.8 Å². The number of benzene rings is 2. The highest BCUT2D eigenvalue weighted by atomic mass is 35.5. The van der Waals surface area contributed by atoms with Crippen molar-refractivity contribution in [2.24, 2.45) is 0 Å². The summed E-state index contributed by atoms with van der Waals surface area (Å²) in [5.74, 6) is -0.317. The van der Waals surface area contributed by atoms with Crippen molar-refractivity contribution in [1.29, 1.82) is 0 Å². The second-order valence-corrected chi connectivity index (χ2v) is 5.44. The van der Waals surface area contributed by atoms with Crippen LogP contribution in [0.3, 0.4) is 0 Å². The van der Waals surface area contributed by atoms with Gasteiger partial charge in [-0.25, -0.2) is 4.39 Å². The van der Waals surface area contributed by atoms with Gasteiger partial charge in [-0.1, -0.05) is 35.9 Å². The van der Waals surface area contributed by atoms with Crippen LogP contribution in [0.5, 0.6) is 0 Å². The summed E-state index contributed by atoms with van der Waals surface area (Å²) in [5.41, 5.74) is 1.61. The summed E-state index contributed by atoms with van der Waals surface area (Å²) < 4.78 is 13.4. The number of hydrogen-bond donors (Lipinski definition) is 2. The number of hydrogen-bond acceptors (Lipinski definition) is 1. The zero-order chi connectivity index (χ0) is 15.1. The molecule has 0 aliphatic heterocycles. The standard InChI is InChI=1S/C16H16ClFN2S/c17-13-9-7-12(8-10-13)4-3-11-19-16(21)20-15-6-2-1-5-14(15)18/h1-2,5-10H,3-4,11H2,(H2,19,20,21). The second kappa shape index (κ2) is 7.96. The number of aryl methyl sites for hydroxylation is 1. The van der Waals surface area contributed by atoms with Crippen LogP contribution in [0.2, 0.25) is 5.02 Å². The maximum Gasteiger partial charge on any atom is 0.170 e. The third-order valence-electron chi connectivity index (χ3n) is 2.96. The van der Waals surface area contributed by atoms with Gasteiger partial charge in [0.15, 0.2) is 5.11 Å². The Balaban J connectivity index is 1.70. The Labute approximate surface area is 134 Å². The Morgan fingerprint density at radius 3 is 2.52 bits per heavy atom. The van der Waals surface area contributed by atoms with Crippen molar-refractivity contribution in [2.75, 3.05) is 11.9 Å². The minimum atomic E-state index is -0.317. The quantitative estimate of drug-likeness (QED) is 0.630. The summed E-state index contributed by atoms with van der Waals surface area (Å²) in [5, 5.41) is 7.08. The molecule has 0 aromatic heterocycles. The Bertz CT molecular complexity index is 601. The van der Waals surface area contributed by atoms with Gasteiger partial charge in [-0.15, -0.1) is 0 Å². The van der Waals surface area contributed by atoms with Crippen LogP contribution in [0.4, 0.5) is 10.1 Å². The molecule has 0 fully saturated rings. The van der Waals surface area contributed by atoms with Crippen molar-refractivity contribution in [3.8, 4) is 0 Å². The van der Waals surface area contributed by atoms with Gasteiger partial charge >= 0.3 is 0 Å². The lowest BCUT2D eigenvalue weighted by Crippen LogP contribution is -2.29. The number of para-hydroxylation sites is 1. The Hall–Kier alpha value is -1.65. The van der Waals surface area contributed by atoms with Crippen LogP contribution in [0.15, 0.2) is 48.5 Å². The van der Waals surface area contributed by atoms with Gasteiger partial charge in [0.05, 0.1) is 5.69 Å². The summed E-state index contributed by atoms with van der Waals surface area (Å²) in [6.45, 7) is 0.725. The molecular formula is C16H16ClFN2S. The number of anilines is 1. The van der Waals surface area contributed by atoms with E-state index in [4.69, 9.17) is 23.8 Å². The molecule has 2 aromatic carbocycles. The largest absolute Gasteiger partial charge is 0.362 e. The topological polar surface area (TPSA) is 24.1 Å². The molecule has 2 aromatic rings. The molecule has 5 heteroatoms. The molecule has 2 nitrogen and oxygen atoms in total. The van der Waals surface area contributed by atoms with Crippen LogP contribution in [0.25, 0.3) is 0 Å². The van der Waals surface area contributed by atoms with E-state index in [1.807, 2.05) is 24.3 Å². The van der Waals surface area contributed by atoms with Crippen LogP contribution in [0.1, 0.15) is 12.0 Å². The highest BCUT2D eigenvalue weighted by molar-refractivity contribution is 7.80. The van der Waals surface area contributed by atoms with E-state index < -0.39 is 0 Å². The average Bonchev–Trinajstić information content (AvgIpc) is 2.48. The third kappa shape index (κ3) is 5.33. The average molecular weight is 323 g/mol. The molecular weight excluding hydrogens is 307 g/mol. The van der Waals surface area contributed by atoms with Crippen LogP contribution in [0, 0.1) is 5.82 Å². The van der Waals surface area contributed by atoms with Crippen molar-refractivity contribution >= 4 is 34.6 Å². The lowest BCUT2D eigenvalue weighted by molar-refractivity contribution is 0.632. The fourth-order valence-corrected chi connectivity index (χ4v) is 2.21. The van der Waals surface area contributed by atoms with Gasteiger partial charge < -0.3 is 10.6 Å². The fraction of sp³-hybridized carbons (Fsp3) is 0.188. The zero-order valence-corrected chi connectivity index (χ0v) is 13.0. The van der Waals surface area contributed by atoms with E-state index >= 15 is 0 Å². The van der Waals surface area contributed by atoms with Gasteiger partial charge in [-0.3, -0.25) is 0 Å². The van der Waals surface area contributed by atoms with Crippen LogP contribution < -0.4 is 10.6 Å². The van der Waals surface area contributed by atoms with E-state index in [-0.39, 0.29) is 5.82 Å². The van der Waals surface area contributed by atoms with Gasteiger partial charge in [-0.05, 0) is 54.9 Å². The predicted octanol–water partition coefficient (Wildman–Crippen LogP) is 4.40. The van der Waals surface area contributed by atoms with Gasteiger partial charge in [0.1, 0.15) is 5.82 Å². The Morgan fingerprint density at radius 2 is 1.81 bits per heavy atom. The lowest BCUT2D eigenvalue weighted by Gasteiger charge is -2.11. The number of rotatable bonds is 5. The van der Waals surface area contributed by atoms with Crippen molar-refractivity contribution in [3.63, 3.8) is 0 Å². The number of nitrogens with one attached hydrogen (secondary N) is 2. The first kappa shape index (κ1) is 15.7. The summed E-state index contributed by atoms with van der Waals surface area (Å²) in [7, 11) is 0. The molecule has 0 bridgehead atoms. The first-order valence-corrected chi connectivity index (χ1v) is 7.47. The molecule has 0 saturated carbocycles. The first-order valence-electron chi connectivity index (χ1n) is 6.69. The smallest absolute Gasteiger partial charge is 0.170 e. The molecule has 2 N–H and O–H groups in total. The summed E-state index contributed by atoms with van der Waals surface area (Å²) >= 11 is 11.0. The van der Waals surface area contributed by atoms with Gasteiger partial charge in [0.2, 0.25) is 0 Å². The molecule has 0 radical (unpaired) electrons. The molecule has 2 rings (SSSR count). The minimum absolute atomic E-state index is 0.317.